The van der Waals surface area contributed by atoms with E-state index < -0.39 is 0 Å². The van der Waals surface area contributed by atoms with Crippen molar-refractivity contribution in [1.29, 1.82) is 5.26 Å². The molecule has 1 unspecified atom stereocenters. The second-order valence-electron chi connectivity index (χ2n) is 9.59. The largest absolute Gasteiger partial charge is 0.395 e. The van der Waals surface area contributed by atoms with Crippen molar-refractivity contribution in [3.05, 3.63) is 23.8 Å². The summed E-state index contributed by atoms with van der Waals surface area (Å²) in [6.07, 6.45) is 15.6. The van der Waals surface area contributed by atoms with E-state index in [-0.39, 0.29) is 16.7 Å². The summed E-state index contributed by atoms with van der Waals surface area (Å²) in [6.45, 7) is 2.67. The quantitative estimate of drug-likeness (QED) is 0.615. The van der Waals surface area contributed by atoms with Gasteiger partial charge >= 0.3 is 0 Å². The van der Waals surface area contributed by atoms with Crippen LogP contribution >= 0.6 is 21.6 Å². The van der Waals surface area contributed by atoms with Crippen LogP contribution in [0.5, 0.6) is 0 Å². The zero-order valence-electron chi connectivity index (χ0n) is 15.6. The summed E-state index contributed by atoms with van der Waals surface area (Å²) in [6, 6.07) is 2.62. The Morgan fingerprint density at radius 1 is 1.19 bits per heavy atom. The molecule has 5 aliphatic rings. The lowest BCUT2D eigenvalue weighted by atomic mass is 9.48. The maximum atomic E-state index is 10.6. The van der Waals surface area contributed by atoms with Gasteiger partial charge in [0.2, 0.25) is 0 Å². The van der Waals surface area contributed by atoms with Crippen LogP contribution < -0.4 is 0 Å². The lowest BCUT2D eigenvalue weighted by Gasteiger charge is -2.57. The third-order valence-corrected chi connectivity index (χ3v) is 12.0. The highest BCUT2D eigenvalue weighted by molar-refractivity contribution is 8.77. The van der Waals surface area contributed by atoms with Gasteiger partial charge in [0.15, 0.2) is 0 Å². The van der Waals surface area contributed by atoms with Gasteiger partial charge in [-0.05, 0) is 73.7 Å². The molecule has 1 heterocycles. The van der Waals surface area contributed by atoms with Crippen molar-refractivity contribution in [3.63, 3.8) is 0 Å². The molecule has 1 N–H and O–H groups in total. The van der Waals surface area contributed by atoms with Crippen molar-refractivity contribution in [1.82, 2.24) is 0 Å². The molecule has 4 aliphatic carbocycles. The monoisotopic (exact) mass is 387 g/mol. The minimum absolute atomic E-state index is 0.0233. The summed E-state index contributed by atoms with van der Waals surface area (Å²) in [7, 11) is 4.08. The van der Waals surface area contributed by atoms with E-state index in [0.717, 1.165) is 19.3 Å². The molecule has 140 valence electrons. The molecule has 0 radical (unpaired) electrons. The van der Waals surface area contributed by atoms with E-state index in [1.807, 2.05) is 10.8 Å². The van der Waals surface area contributed by atoms with Crippen molar-refractivity contribution in [2.75, 3.05) is 12.4 Å². The Labute approximate surface area is 165 Å². The first-order valence-corrected chi connectivity index (χ1v) is 12.6. The van der Waals surface area contributed by atoms with Crippen LogP contribution in [0, 0.1) is 45.8 Å². The van der Waals surface area contributed by atoms with Crippen LogP contribution in [0.4, 0.5) is 0 Å². The number of hydrogen-bond acceptors (Lipinski definition) is 4. The van der Waals surface area contributed by atoms with E-state index in [1.165, 1.54) is 37.0 Å². The molecule has 1 spiro atoms. The van der Waals surface area contributed by atoms with Gasteiger partial charge < -0.3 is 5.11 Å². The SMILES string of the molecule is C[C@]12CC[C@H]3[C@@H](C=CC4=CC5(CCSS5)CC[C@@]43CO)[C@@H]1CC[C@H]2C#N. The Morgan fingerprint density at radius 2 is 2.08 bits per heavy atom. The second-order valence-corrected chi connectivity index (χ2v) is 12.4. The summed E-state index contributed by atoms with van der Waals surface area (Å²) in [5.74, 6) is 3.23. The van der Waals surface area contributed by atoms with Crippen LogP contribution in [-0.2, 0) is 0 Å². The summed E-state index contributed by atoms with van der Waals surface area (Å²) >= 11 is 0. The van der Waals surface area contributed by atoms with Gasteiger partial charge in [-0.2, -0.15) is 5.26 Å². The van der Waals surface area contributed by atoms with Gasteiger partial charge in [-0.25, -0.2) is 0 Å². The maximum absolute atomic E-state index is 10.6. The van der Waals surface area contributed by atoms with E-state index >= 15 is 0 Å². The van der Waals surface area contributed by atoms with Gasteiger partial charge in [0.1, 0.15) is 0 Å². The molecule has 2 nitrogen and oxygen atoms in total. The number of fused-ring (bicyclic) bond motifs is 5. The number of rotatable bonds is 1. The minimum atomic E-state index is -0.0233. The Kier molecular flexibility index (Phi) is 4.13. The van der Waals surface area contributed by atoms with Crippen LogP contribution in [0.2, 0.25) is 0 Å². The number of aliphatic hydroxyl groups is 1. The van der Waals surface area contributed by atoms with E-state index in [0.29, 0.717) is 29.1 Å². The molecule has 26 heavy (non-hydrogen) atoms. The third kappa shape index (κ3) is 2.23. The number of aliphatic hydroxyl groups excluding tert-OH is 1. The molecule has 0 aromatic rings. The van der Waals surface area contributed by atoms with Crippen molar-refractivity contribution in [2.24, 2.45) is 34.5 Å². The van der Waals surface area contributed by atoms with Gasteiger partial charge in [0, 0.05) is 15.9 Å². The number of allylic oxidation sites excluding steroid dienone is 2. The lowest BCUT2D eigenvalue weighted by molar-refractivity contribution is -0.0361. The van der Waals surface area contributed by atoms with E-state index in [4.69, 9.17) is 0 Å². The smallest absolute Gasteiger partial charge is 0.0661 e. The Hall–Kier alpha value is -0.370. The fourth-order valence-electron chi connectivity index (χ4n) is 7.19. The molecular formula is C22H29NOS2. The fourth-order valence-corrected chi connectivity index (χ4v) is 10.5. The van der Waals surface area contributed by atoms with Crippen LogP contribution in [0.15, 0.2) is 23.8 Å². The van der Waals surface area contributed by atoms with Crippen molar-refractivity contribution >= 4 is 21.6 Å². The standard InChI is InChI=1S/C22H29NOS2/c1-20-7-6-19-17(18(20)5-3-16(20)13-23)4-2-15-12-21(10-11-25-26-21)8-9-22(15,19)14-24/h2,4,12,16-19,24H,3,5-11,14H2,1H3/t16-,17-,18-,19-,20+,21?,22+/m0/s1. The molecule has 3 fully saturated rings. The topological polar surface area (TPSA) is 44.0 Å². The van der Waals surface area contributed by atoms with Crippen LogP contribution in [0.3, 0.4) is 0 Å². The van der Waals surface area contributed by atoms with E-state index in [1.54, 1.807) is 0 Å². The van der Waals surface area contributed by atoms with Crippen LogP contribution in [-0.4, -0.2) is 22.2 Å². The van der Waals surface area contributed by atoms with E-state index in [2.05, 4.69) is 42.0 Å². The van der Waals surface area contributed by atoms with E-state index in [9.17, 15) is 10.4 Å². The maximum Gasteiger partial charge on any atom is 0.0661 e. The molecule has 0 aromatic carbocycles. The lowest BCUT2D eigenvalue weighted by Crippen LogP contribution is -2.52. The second kappa shape index (κ2) is 6.06. The van der Waals surface area contributed by atoms with Gasteiger partial charge in [-0.3, -0.25) is 0 Å². The number of nitrogens with zero attached hydrogens (tertiary/aromatic N) is 1. The summed E-state index contributed by atoms with van der Waals surface area (Å²) in [4.78, 5) is 0. The first-order chi connectivity index (χ1) is 12.6. The zero-order valence-corrected chi connectivity index (χ0v) is 17.2. The predicted molar refractivity (Wildman–Crippen MR) is 110 cm³/mol. The van der Waals surface area contributed by atoms with Crippen molar-refractivity contribution < 1.29 is 5.11 Å². The minimum Gasteiger partial charge on any atom is -0.395 e. The predicted octanol–water partition coefficient (Wildman–Crippen LogP) is 5.36. The average Bonchev–Trinajstić information content (AvgIpc) is 3.25. The summed E-state index contributed by atoms with van der Waals surface area (Å²) in [5.41, 5.74) is 1.59. The Morgan fingerprint density at radius 3 is 2.81 bits per heavy atom. The first-order valence-electron chi connectivity index (χ1n) is 10.3. The summed E-state index contributed by atoms with van der Waals surface area (Å²) < 4.78 is 0.318. The summed E-state index contributed by atoms with van der Waals surface area (Å²) in [5, 5.41) is 20.3. The molecule has 0 bridgehead atoms. The first kappa shape index (κ1) is 17.7. The molecule has 1 aliphatic heterocycles. The highest BCUT2D eigenvalue weighted by atomic mass is 33.1. The fraction of sp³-hybridized carbons (Fsp3) is 0.773. The molecular weight excluding hydrogens is 358 g/mol. The number of hydrogen-bond donors (Lipinski definition) is 1. The van der Waals surface area contributed by atoms with Crippen molar-refractivity contribution in [2.45, 2.75) is 56.6 Å². The zero-order chi connectivity index (χ0) is 18.0. The number of nitriles is 1. The third-order valence-electron chi connectivity index (χ3n) is 8.80. The Balaban J connectivity index is 1.54. The molecule has 7 atom stereocenters. The molecule has 1 saturated heterocycles. The average molecular weight is 388 g/mol. The molecule has 4 heteroatoms. The molecule has 0 amide bonds. The normalized spacial score (nSPS) is 52.1. The highest BCUT2D eigenvalue weighted by Crippen LogP contribution is 2.67. The van der Waals surface area contributed by atoms with Gasteiger partial charge in [-0.1, -0.05) is 46.7 Å². The molecule has 0 aromatic heterocycles. The molecule has 2 saturated carbocycles. The molecule has 5 rings (SSSR count). The Bertz CT molecular complexity index is 703. The van der Waals surface area contributed by atoms with Crippen molar-refractivity contribution in [3.8, 4) is 6.07 Å². The van der Waals surface area contributed by atoms with Gasteiger partial charge in [-0.15, -0.1) is 0 Å². The van der Waals surface area contributed by atoms with Crippen LogP contribution in [0.25, 0.3) is 0 Å². The van der Waals surface area contributed by atoms with Crippen LogP contribution in [0.1, 0.15) is 51.9 Å². The van der Waals surface area contributed by atoms with Gasteiger partial charge in [0.25, 0.3) is 0 Å². The highest BCUT2D eigenvalue weighted by Gasteiger charge is 2.60. The van der Waals surface area contributed by atoms with Gasteiger partial charge in [0.05, 0.1) is 18.6 Å².